The molecule has 1 aliphatic heterocycles. The first-order chi connectivity index (χ1) is 11.5. The van der Waals surface area contributed by atoms with Gasteiger partial charge in [-0.15, -0.1) is 0 Å². The molecule has 1 N–H and O–H groups in total. The molecule has 0 bridgehead atoms. The summed E-state index contributed by atoms with van der Waals surface area (Å²) >= 11 is 6.15. The monoisotopic (exact) mass is 365 g/mol. The number of carbonyl (C=O) groups excluding carboxylic acids is 1. The number of hydrogen-bond donors (Lipinski definition) is 1. The number of rotatable bonds is 8. The number of carboxylic acid groups (broad SMARTS) is 1. The van der Waals surface area contributed by atoms with Gasteiger partial charge in [-0.1, -0.05) is 44.1 Å². The lowest BCUT2D eigenvalue weighted by Crippen LogP contribution is -2.32. The molecule has 24 heavy (non-hydrogen) atoms. The van der Waals surface area contributed by atoms with Crippen LogP contribution in [0.15, 0.2) is 29.2 Å². The van der Waals surface area contributed by atoms with Crippen molar-refractivity contribution in [2.45, 2.75) is 26.2 Å². The van der Waals surface area contributed by atoms with Gasteiger partial charge in [-0.05, 0) is 42.0 Å². The summed E-state index contributed by atoms with van der Waals surface area (Å²) in [6.07, 6.45) is 5.13. The van der Waals surface area contributed by atoms with Crippen LogP contribution in [0, 0.1) is 0 Å². The molecule has 1 aromatic rings. The molecule has 2 rings (SSSR count). The van der Waals surface area contributed by atoms with Gasteiger partial charge in [0.1, 0.15) is 17.3 Å². The van der Waals surface area contributed by atoms with Crippen molar-refractivity contribution >= 4 is 46.3 Å². The first-order valence-corrected chi connectivity index (χ1v) is 8.93. The van der Waals surface area contributed by atoms with Gasteiger partial charge in [0.15, 0.2) is 0 Å². The molecule has 0 aromatic heterocycles. The van der Waals surface area contributed by atoms with Gasteiger partial charge in [-0.25, -0.2) is 0 Å². The minimum atomic E-state index is -1.09. The van der Waals surface area contributed by atoms with Gasteiger partial charge in [0.05, 0.1) is 11.5 Å². The first-order valence-electron chi connectivity index (χ1n) is 7.71. The van der Waals surface area contributed by atoms with E-state index in [9.17, 15) is 9.59 Å². The topological polar surface area (TPSA) is 66.8 Å². The average molecular weight is 365 g/mol. The highest BCUT2D eigenvalue weighted by atomic mass is 32.2. The molecule has 1 aliphatic rings. The number of unbranched alkanes of at least 4 members (excludes halogenated alkanes) is 2. The minimum Gasteiger partial charge on any atom is -0.494 e. The number of carboxylic acids is 1. The number of amides is 1. The van der Waals surface area contributed by atoms with E-state index in [2.05, 4.69) is 6.92 Å². The Balaban J connectivity index is 1.99. The molecule has 0 aliphatic carbocycles. The summed E-state index contributed by atoms with van der Waals surface area (Å²) < 4.78 is 5.65. The number of aliphatic carboxylic acids is 1. The summed E-state index contributed by atoms with van der Waals surface area (Å²) in [4.78, 5) is 24.5. The highest BCUT2D eigenvalue weighted by molar-refractivity contribution is 8.19. The molecule has 7 heteroatoms. The molecule has 1 amide bonds. The molecule has 0 unspecified atom stereocenters. The molecule has 1 saturated heterocycles. The third-order valence-corrected chi connectivity index (χ3v) is 4.86. The van der Waals surface area contributed by atoms with E-state index < -0.39 is 12.5 Å². The van der Waals surface area contributed by atoms with Crippen molar-refractivity contribution in [1.82, 2.24) is 4.90 Å². The number of thioether (sulfide) groups is 1. The Bertz CT molecular complexity index is 655. The van der Waals surface area contributed by atoms with E-state index in [1.54, 1.807) is 6.08 Å². The normalized spacial score (nSPS) is 16.0. The van der Waals surface area contributed by atoms with Gasteiger partial charge >= 0.3 is 5.97 Å². The van der Waals surface area contributed by atoms with Crippen LogP contribution >= 0.6 is 24.0 Å². The van der Waals surface area contributed by atoms with Gasteiger partial charge in [-0.2, -0.15) is 0 Å². The predicted octanol–water partition coefficient (Wildman–Crippen LogP) is 4.18. The van der Waals surface area contributed by atoms with Crippen molar-refractivity contribution in [3.05, 3.63) is 34.7 Å². The van der Waals surface area contributed by atoms with Gasteiger partial charge in [-0.3, -0.25) is 14.5 Å². The standard InChI is InChI=1S/C17H19NO4S2/c1-2-3-4-9-22-13-7-5-12(6-8-13)10-14-16(23)18(11-15(19)20)17(21)24-14/h5-8,10H,2-4,9,11H2,1H3,(H,19,20). The average Bonchev–Trinajstić information content (AvgIpc) is 2.80. The largest absolute Gasteiger partial charge is 0.494 e. The molecule has 1 aromatic carbocycles. The van der Waals surface area contributed by atoms with Crippen LogP contribution in [0.1, 0.15) is 31.7 Å². The number of carbonyl (C=O) groups is 2. The molecule has 5 nitrogen and oxygen atoms in total. The Morgan fingerprint density at radius 2 is 2.04 bits per heavy atom. The van der Waals surface area contributed by atoms with E-state index in [0.29, 0.717) is 11.5 Å². The predicted molar refractivity (Wildman–Crippen MR) is 99.4 cm³/mol. The number of hydrogen-bond acceptors (Lipinski definition) is 5. The van der Waals surface area contributed by atoms with Crippen molar-refractivity contribution < 1.29 is 19.4 Å². The molecule has 0 radical (unpaired) electrons. The Labute approximate surface area is 150 Å². The van der Waals surface area contributed by atoms with Crippen molar-refractivity contribution in [3.8, 4) is 5.75 Å². The summed E-state index contributed by atoms with van der Waals surface area (Å²) in [7, 11) is 0. The molecule has 128 valence electrons. The van der Waals surface area contributed by atoms with Crippen molar-refractivity contribution in [2.75, 3.05) is 13.2 Å². The van der Waals surface area contributed by atoms with Crippen LogP contribution in [0.4, 0.5) is 4.79 Å². The minimum absolute atomic E-state index is 0.257. The van der Waals surface area contributed by atoms with Crippen molar-refractivity contribution in [3.63, 3.8) is 0 Å². The third kappa shape index (κ3) is 5.07. The Kier molecular flexibility index (Phi) is 6.81. The number of thiocarbonyl (C=S) groups is 1. The first kappa shape index (κ1) is 18.5. The summed E-state index contributed by atoms with van der Waals surface area (Å²) in [5, 5.41) is 8.47. The number of ether oxygens (including phenoxy) is 1. The second kappa shape index (κ2) is 8.84. The molecule has 0 spiro atoms. The third-order valence-electron chi connectivity index (χ3n) is 3.36. The molecule has 0 atom stereocenters. The van der Waals surface area contributed by atoms with Gasteiger partial charge in [0.2, 0.25) is 0 Å². The van der Waals surface area contributed by atoms with Gasteiger partial charge < -0.3 is 9.84 Å². The van der Waals surface area contributed by atoms with Gasteiger partial charge in [0, 0.05) is 0 Å². The summed E-state index contributed by atoms with van der Waals surface area (Å²) in [5.74, 6) is -0.282. The van der Waals surface area contributed by atoms with Crippen molar-refractivity contribution in [1.29, 1.82) is 0 Å². The van der Waals surface area contributed by atoms with E-state index in [0.717, 1.165) is 47.2 Å². The van der Waals surface area contributed by atoms with E-state index in [1.807, 2.05) is 24.3 Å². The van der Waals surface area contributed by atoms with Crippen LogP contribution in [0.2, 0.25) is 0 Å². The zero-order chi connectivity index (χ0) is 17.5. The second-order valence-electron chi connectivity index (χ2n) is 5.29. The Hall–Kier alpha value is -1.86. The van der Waals surface area contributed by atoms with E-state index >= 15 is 0 Å². The fraction of sp³-hybridized carbons (Fsp3) is 0.353. The van der Waals surface area contributed by atoms with Crippen LogP contribution in [0.3, 0.4) is 0 Å². The van der Waals surface area contributed by atoms with Crippen LogP contribution in [0.5, 0.6) is 5.75 Å². The summed E-state index contributed by atoms with van der Waals surface area (Å²) in [6, 6.07) is 7.51. The molecule has 1 fully saturated rings. The number of benzene rings is 1. The highest BCUT2D eigenvalue weighted by Crippen LogP contribution is 2.33. The summed E-state index contributed by atoms with van der Waals surface area (Å²) in [6.45, 7) is 2.44. The fourth-order valence-corrected chi connectivity index (χ4v) is 3.36. The van der Waals surface area contributed by atoms with E-state index in [1.165, 1.54) is 0 Å². The lowest BCUT2D eigenvalue weighted by molar-refractivity contribution is -0.136. The van der Waals surface area contributed by atoms with Crippen LogP contribution in [-0.2, 0) is 4.79 Å². The quantitative estimate of drug-likeness (QED) is 0.423. The zero-order valence-corrected chi connectivity index (χ0v) is 15.0. The Morgan fingerprint density at radius 3 is 2.67 bits per heavy atom. The highest BCUT2D eigenvalue weighted by Gasteiger charge is 2.32. The van der Waals surface area contributed by atoms with Crippen LogP contribution in [0.25, 0.3) is 6.08 Å². The second-order valence-corrected chi connectivity index (χ2v) is 6.67. The maximum Gasteiger partial charge on any atom is 0.323 e. The summed E-state index contributed by atoms with van der Waals surface area (Å²) in [5.41, 5.74) is 0.880. The molecular weight excluding hydrogens is 346 g/mol. The van der Waals surface area contributed by atoms with Crippen molar-refractivity contribution in [2.24, 2.45) is 0 Å². The fourth-order valence-electron chi connectivity index (χ4n) is 2.13. The van der Waals surface area contributed by atoms with E-state index in [-0.39, 0.29) is 10.2 Å². The molecule has 1 heterocycles. The number of nitrogens with zero attached hydrogens (tertiary/aromatic N) is 1. The van der Waals surface area contributed by atoms with Gasteiger partial charge in [0.25, 0.3) is 5.24 Å². The Morgan fingerprint density at radius 1 is 1.33 bits per heavy atom. The van der Waals surface area contributed by atoms with Crippen LogP contribution < -0.4 is 4.74 Å². The molecule has 0 saturated carbocycles. The SMILES string of the molecule is CCCCCOc1ccc(C=C2SC(=O)N(CC(=O)O)C2=S)cc1. The zero-order valence-electron chi connectivity index (χ0n) is 13.4. The smallest absolute Gasteiger partial charge is 0.323 e. The lowest BCUT2D eigenvalue weighted by atomic mass is 10.2. The van der Waals surface area contributed by atoms with E-state index in [4.69, 9.17) is 22.1 Å². The van der Waals surface area contributed by atoms with Crippen LogP contribution in [-0.4, -0.2) is 39.4 Å². The maximum atomic E-state index is 11.8. The lowest BCUT2D eigenvalue weighted by Gasteiger charge is -2.10. The molecular formula is C17H19NO4S2. The maximum absolute atomic E-state index is 11.8.